The van der Waals surface area contributed by atoms with Crippen molar-refractivity contribution >= 4 is 12.1 Å². The van der Waals surface area contributed by atoms with Crippen LogP contribution in [0.15, 0.2) is 30.3 Å². The van der Waals surface area contributed by atoms with Crippen molar-refractivity contribution in [1.29, 1.82) is 0 Å². The maximum Gasteiger partial charge on any atom is 0.407 e. The van der Waals surface area contributed by atoms with Crippen LogP contribution in [0.4, 0.5) is 4.79 Å². The van der Waals surface area contributed by atoms with E-state index < -0.39 is 6.09 Å². The average molecular weight is 702 g/mol. The molecule has 1 aromatic rings. The molecular weight excluding hydrogens is 638 g/mol. The summed E-state index contributed by atoms with van der Waals surface area (Å²) in [4.78, 5) is 23.4. The van der Waals surface area contributed by atoms with Gasteiger partial charge in [-0.25, -0.2) is 4.79 Å². The number of esters is 1. The van der Waals surface area contributed by atoms with Gasteiger partial charge >= 0.3 is 12.1 Å². The van der Waals surface area contributed by atoms with Crippen LogP contribution in [0.5, 0.6) is 0 Å². The van der Waals surface area contributed by atoms with Crippen molar-refractivity contribution < 1.29 is 57.0 Å². The maximum absolute atomic E-state index is 11.7. The van der Waals surface area contributed by atoms with Crippen LogP contribution in [0.2, 0.25) is 0 Å². The third kappa shape index (κ3) is 33.9. The van der Waals surface area contributed by atoms with Gasteiger partial charge in [0.15, 0.2) is 0 Å². The van der Waals surface area contributed by atoms with Gasteiger partial charge in [0.25, 0.3) is 0 Å². The second-order valence-corrected chi connectivity index (χ2v) is 11.0. The summed E-state index contributed by atoms with van der Waals surface area (Å²) in [7, 11) is 0. The molecule has 13 nitrogen and oxygen atoms in total. The molecule has 0 fully saturated rings. The number of carbonyl (C=O) groups is 2. The molecule has 1 amide bonds. The number of alkyl carbamates (subject to hydrolysis) is 1. The van der Waals surface area contributed by atoms with Gasteiger partial charge in [0.1, 0.15) is 13.2 Å². The SMILES string of the molecule is CCCCCCCCCC(=O)OCCOCCOCCOCCOCCOCCOCCOCCOCCNC(=O)OCc1ccccc1. The lowest BCUT2D eigenvalue weighted by Gasteiger charge is -2.09. The van der Waals surface area contributed by atoms with Crippen molar-refractivity contribution in [3.63, 3.8) is 0 Å². The summed E-state index contributed by atoms with van der Waals surface area (Å²) in [6, 6.07) is 9.50. The molecule has 13 heteroatoms. The Morgan fingerprint density at radius 2 is 0.898 bits per heavy atom. The predicted molar refractivity (Wildman–Crippen MR) is 185 cm³/mol. The minimum atomic E-state index is -0.470. The van der Waals surface area contributed by atoms with E-state index in [0.29, 0.717) is 119 Å². The van der Waals surface area contributed by atoms with Crippen LogP contribution in [0, 0.1) is 0 Å². The first kappa shape index (κ1) is 44.7. The summed E-state index contributed by atoms with van der Waals surface area (Å²) in [5.74, 6) is -0.145. The van der Waals surface area contributed by atoms with E-state index >= 15 is 0 Å². The van der Waals surface area contributed by atoms with Crippen molar-refractivity contribution in [2.75, 3.05) is 119 Å². The van der Waals surface area contributed by atoms with Gasteiger partial charge in [0.2, 0.25) is 0 Å². The molecule has 0 heterocycles. The molecule has 0 saturated heterocycles. The van der Waals surface area contributed by atoms with Gasteiger partial charge in [0.05, 0.1) is 106 Å². The molecule has 0 spiro atoms. The van der Waals surface area contributed by atoms with E-state index in [1.807, 2.05) is 30.3 Å². The van der Waals surface area contributed by atoms with Gasteiger partial charge in [0, 0.05) is 13.0 Å². The number of unbranched alkanes of at least 4 members (excludes halogenated alkanes) is 6. The number of nitrogens with one attached hydrogen (secondary N) is 1. The van der Waals surface area contributed by atoms with Crippen LogP contribution < -0.4 is 5.32 Å². The Balaban J connectivity index is 1.66. The zero-order valence-electron chi connectivity index (χ0n) is 29.9. The first-order valence-electron chi connectivity index (χ1n) is 17.9. The molecule has 0 aliphatic heterocycles. The van der Waals surface area contributed by atoms with Gasteiger partial charge in [-0.2, -0.15) is 0 Å². The second-order valence-electron chi connectivity index (χ2n) is 11.0. The average Bonchev–Trinajstić information content (AvgIpc) is 3.12. The lowest BCUT2D eigenvalue weighted by molar-refractivity contribution is -0.145. The standard InChI is InChI=1S/C36H63NO12/c1-2-3-4-5-6-7-11-14-35(38)48-32-31-47-30-29-46-28-27-45-26-25-44-24-23-43-22-21-42-20-19-41-18-17-40-16-15-37-36(39)49-33-34-12-9-8-10-13-34/h8-10,12-13H,2-7,11,14-33H2,1H3,(H,37,39). The predicted octanol–water partition coefficient (Wildman–Crippen LogP) is 4.73. The fourth-order valence-corrected chi connectivity index (χ4v) is 4.15. The Bertz CT molecular complexity index is 849. The molecule has 0 radical (unpaired) electrons. The summed E-state index contributed by atoms with van der Waals surface area (Å²) in [6.45, 7) is 10.4. The van der Waals surface area contributed by atoms with E-state index in [1.165, 1.54) is 32.1 Å². The van der Waals surface area contributed by atoms with Crippen molar-refractivity contribution in [3.8, 4) is 0 Å². The molecule has 0 aliphatic rings. The molecule has 0 aromatic heterocycles. The quantitative estimate of drug-likeness (QED) is 0.0758. The molecule has 49 heavy (non-hydrogen) atoms. The van der Waals surface area contributed by atoms with Crippen LogP contribution >= 0.6 is 0 Å². The monoisotopic (exact) mass is 701 g/mol. The van der Waals surface area contributed by atoms with Crippen molar-refractivity contribution in [1.82, 2.24) is 5.32 Å². The molecule has 1 N–H and O–H groups in total. The summed E-state index contributed by atoms with van der Waals surface area (Å²) >= 11 is 0. The Morgan fingerprint density at radius 3 is 1.37 bits per heavy atom. The number of rotatable bonds is 37. The Morgan fingerprint density at radius 1 is 0.490 bits per heavy atom. The van der Waals surface area contributed by atoms with Gasteiger partial charge in [-0.3, -0.25) is 4.79 Å². The molecule has 0 aliphatic carbocycles. The van der Waals surface area contributed by atoms with Crippen molar-refractivity contribution in [3.05, 3.63) is 35.9 Å². The Labute approximate surface area is 293 Å². The van der Waals surface area contributed by atoms with Gasteiger partial charge in [-0.15, -0.1) is 0 Å². The highest BCUT2D eigenvalue weighted by Crippen LogP contribution is 2.08. The fraction of sp³-hybridized carbons (Fsp3) is 0.778. The molecule has 0 bridgehead atoms. The third-order valence-electron chi connectivity index (χ3n) is 6.81. The Kier molecular flexibility index (Phi) is 33.6. The molecule has 1 aromatic carbocycles. The van der Waals surface area contributed by atoms with E-state index in [9.17, 15) is 9.59 Å². The van der Waals surface area contributed by atoms with E-state index in [0.717, 1.165) is 18.4 Å². The van der Waals surface area contributed by atoms with Crippen molar-refractivity contribution in [2.45, 2.75) is 64.9 Å². The van der Waals surface area contributed by atoms with Crippen molar-refractivity contribution in [2.24, 2.45) is 0 Å². The number of hydrogen-bond donors (Lipinski definition) is 1. The van der Waals surface area contributed by atoms with Crippen LogP contribution in [0.25, 0.3) is 0 Å². The van der Waals surface area contributed by atoms with Gasteiger partial charge < -0.3 is 52.7 Å². The number of benzene rings is 1. The lowest BCUT2D eigenvalue weighted by Crippen LogP contribution is -2.28. The smallest absolute Gasteiger partial charge is 0.407 e. The van der Waals surface area contributed by atoms with Crippen LogP contribution in [-0.2, 0) is 58.8 Å². The van der Waals surface area contributed by atoms with Gasteiger partial charge in [-0.05, 0) is 12.0 Å². The Hall–Kier alpha value is -2.36. The highest BCUT2D eigenvalue weighted by molar-refractivity contribution is 5.69. The van der Waals surface area contributed by atoms with Crippen LogP contribution in [0.3, 0.4) is 0 Å². The fourth-order valence-electron chi connectivity index (χ4n) is 4.15. The van der Waals surface area contributed by atoms with Crippen LogP contribution in [0.1, 0.15) is 63.9 Å². The van der Waals surface area contributed by atoms with E-state index in [2.05, 4.69) is 12.2 Å². The third-order valence-corrected chi connectivity index (χ3v) is 6.81. The second kappa shape index (κ2) is 36.9. The molecule has 1 rings (SSSR count). The number of amides is 1. The summed E-state index contributed by atoms with van der Waals surface area (Å²) in [6.07, 6.45) is 8.30. The molecular formula is C36H63NO12. The first-order chi connectivity index (χ1) is 24.2. The minimum absolute atomic E-state index is 0.145. The molecule has 0 unspecified atom stereocenters. The number of carbonyl (C=O) groups excluding carboxylic acids is 2. The van der Waals surface area contributed by atoms with Crippen LogP contribution in [-0.4, -0.2) is 131 Å². The number of ether oxygens (including phenoxy) is 10. The highest BCUT2D eigenvalue weighted by atomic mass is 16.6. The summed E-state index contributed by atoms with van der Waals surface area (Å²) in [5.41, 5.74) is 0.937. The largest absolute Gasteiger partial charge is 0.463 e. The maximum atomic E-state index is 11.7. The topological polar surface area (TPSA) is 138 Å². The first-order valence-corrected chi connectivity index (χ1v) is 17.9. The van der Waals surface area contributed by atoms with E-state index in [-0.39, 0.29) is 19.2 Å². The van der Waals surface area contributed by atoms with E-state index in [1.54, 1.807) is 0 Å². The summed E-state index contributed by atoms with van der Waals surface area (Å²) in [5, 5.41) is 2.64. The normalized spacial score (nSPS) is 11.1. The van der Waals surface area contributed by atoms with Gasteiger partial charge in [-0.1, -0.05) is 75.8 Å². The van der Waals surface area contributed by atoms with E-state index in [4.69, 9.17) is 47.4 Å². The minimum Gasteiger partial charge on any atom is -0.463 e. The molecule has 0 atom stereocenters. The zero-order chi connectivity index (χ0) is 35.1. The summed E-state index contributed by atoms with van der Waals surface area (Å²) < 4.78 is 54.0. The molecule has 0 saturated carbocycles. The highest BCUT2D eigenvalue weighted by Gasteiger charge is 2.03. The lowest BCUT2D eigenvalue weighted by atomic mass is 10.1. The zero-order valence-corrected chi connectivity index (χ0v) is 29.9. The molecule has 284 valence electrons. The number of hydrogen-bond acceptors (Lipinski definition) is 12.